The van der Waals surface area contributed by atoms with Gasteiger partial charge in [-0.1, -0.05) is 6.07 Å². The first-order valence-corrected chi connectivity index (χ1v) is 10.3. The molecule has 26 heavy (non-hydrogen) atoms. The summed E-state index contributed by atoms with van der Waals surface area (Å²) in [6, 6.07) is 2.89. The Balaban J connectivity index is 1.63. The first-order valence-electron chi connectivity index (χ1n) is 8.49. The summed E-state index contributed by atoms with van der Waals surface area (Å²) in [7, 11) is -3.13. The number of sulfone groups is 1. The fourth-order valence-corrected chi connectivity index (χ4v) is 5.15. The van der Waals surface area contributed by atoms with Crippen molar-refractivity contribution in [3.05, 3.63) is 29.8 Å². The molecule has 2 fully saturated rings. The first-order chi connectivity index (χ1) is 12.2. The minimum absolute atomic E-state index is 0.0581. The maximum atomic E-state index is 13.6. The van der Waals surface area contributed by atoms with Gasteiger partial charge in [0.15, 0.2) is 9.84 Å². The van der Waals surface area contributed by atoms with Crippen LogP contribution in [0.3, 0.4) is 0 Å². The van der Waals surface area contributed by atoms with Gasteiger partial charge in [-0.05, 0) is 31.9 Å². The van der Waals surface area contributed by atoms with Crippen LogP contribution < -0.4 is 5.32 Å². The van der Waals surface area contributed by atoms with Gasteiger partial charge in [-0.15, -0.1) is 0 Å². The van der Waals surface area contributed by atoms with Crippen molar-refractivity contribution in [1.82, 2.24) is 4.90 Å². The normalized spacial score (nSPS) is 26.3. The molecule has 1 saturated heterocycles. The van der Waals surface area contributed by atoms with Gasteiger partial charge in [0.25, 0.3) is 0 Å². The number of anilines is 1. The molecular formula is C17H20F2N2O4S. The highest BCUT2D eigenvalue weighted by Gasteiger charge is 2.51. The van der Waals surface area contributed by atoms with Gasteiger partial charge in [-0.25, -0.2) is 17.2 Å². The minimum atomic E-state index is -3.13. The summed E-state index contributed by atoms with van der Waals surface area (Å²) >= 11 is 0. The summed E-state index contributed by atoms with van der Waals surface area (Å²) in [6.45, 7) is 2.11. The highest BCUT2D eigenvalue weighted by molar-refractivity contribution is 7.91. The zero-order valence-electron chi connectivity index (χ0n) is 14.2. The minimum Gasteiger partial charge on any atom is -0.339 e. The van der Waals surface area contributed by atoms with Gasteiger partial charge in [0.05, 0.1) is 23.3 Å². The van der Waals surface area contributed by atoms with Crippen LogP contribution in [-0.2, 0) is 19.4 Å². The van der Waals surface area contributed by atoms with Gasteiger partial charge in [-0.3, -0.25) is 9.59 Å². The fourth-order valence-electron chi connectivity index (χ4n) is 3.42. The second-order valence-electron chi connectivity index (χ2n) is 6.72. The molecule has 0 aromatic heterocycles. The molecule has 3 rings (SSSR count). The molecule has 3 unspecified atom stereocenters. The van der Waals surface area contributed by atoms with Crippen LogP contribution in [0.2, 0.25) is 0 Å². The van der Waals surface area contributed by atoms with E-state index < -0.39 is 44.9 Å². The van der Waals surface area contributed by atoms with E-state index in [0.29, 0.717) is 13.0 Å². The van der Waals surface area contributed by atoms with Crippen molar-refractivity contribution in [1.29, 1.82) is 0 Å². The summed E-state index contributed by atoms with van der Waals surface area (Å²) in [5.74, 6) is -3.88. The molecule has 1 aromatic carbocycles. The van der Waals surface area contributed by atoms with Gasteiger partial charge in [0, 0.05) is 12.6 Å². The molecule has 1 saturated carbocycles. The Morgan fingerprint density at radius 3 is 2.42 bits per heavy atom. The molecule has 0 spiro atoms. The zero-order valence-corrected chi connectivity index (χ0v) is 15.1. The summed E-state index contributed by atoms with van der Waals surface area (Å²) in [4.78, 5) is 26.4. The molecule has 2 aliphatic rings. The average Bonchev–Trinajstić information content (AvgIpc) is 3.30. The van der Waals surface area contributed by atoms with Crippen LogP contribution in [0.1, 0.15) is 19.8 Å². The topological polar surface area (TPSA) is 83.6 Å². The van der Waals surface area contributed by atoms with Crippen molar-refractivity contribution >= 4 is 27.3 Å². The van der Waals surface area contributed by atoms with Crippen LogP contribution in [0.4, 0.5) is 14.5 Å². The monoisotopic (exact) mass is 386 g/mol. The van der Waals surface area contributed by atoms with E-state index >= 15 is 0 Å². The summed E-state index contributed by atoms with van der Waals surface area (Å²) in [5.41, 5.74) is -0.523. The predicted molar refractivity (Wildman–Crippen MR) is 91.0 cm³/mol. The van der Waals surface area contributed by atoms with E-state index in [-0.39, 0.29) is 29.9 Å². The van der Waals surface area contributed by atoms with Crippen LogP contribution in [0.15, 0.2) is 18.2 Å². The van der Waals surface area contributed by atoms with E-state index in [2.05, 4.69) is 5.32 Å². The van der Waals surface area contributed by atoms with Gasteiger partial charge < -0.3 is 10.2 Å². The lowest BCUT2D eigenvalue weighted by Crippen LogP contribution is -2.42. The molecule has 142 valence electrons. The Bertz CT molecular complexity index is 823. The number of benzene rings is 1. The smallest absolute Gasteiger partial charge is 0.228 e. The number of hydrogen-bond donors (Lipinski definition) is 1. The van der Waals surface area contributed by atoms with Crippen molar-refractivity contribution in [2.45, 2.75) is 25.8 Å². The second-order valence-corrected chi connectivity index (χ2v) is 8.94. The average molecular weight is 386 g/mol. The quantitative estimate of drug-likeness (QED) is 0.833. The SMILES string of the molecule is CCN(C(=O)C1CC1C(=O)Nc1c(F)cccc1F)C1CCS(=O)(=O)C1. The lowest BCUT2D eigenvalue weighted by molar-refractivity contribution is -0.135. The Morgan fingerprint density at radius 1 is 1.23 bits per heavy atom. The van der Waals surface area contributed by atoms with Gasteiger partial charge in [-0.2, -0.15) is 0 Å². The second kappa shape index (κ2) is 6.94. The molecular weight excluding hydrogens is 366 g/mol. The Hall–Kier alpha value is -2.03. The molecule has 3 atom stereocenters. The van der Waals surface area contributed by atoms with Crippen LogP contribution in [-0.4, -0.2) is 49.2 Å². The van der Waals surface area contributed by atoms with Crippen molar-refractivity contribution in [2.24, 2.45) is 11.8 Å². The largest absolute Gasteiger partial charge is 0.339 e. The number of amides is 2. The summed E-state index contributed by atoms with van der Waals surface area (Å²) < 4.78 is 50.5. The number of halogens is 2. The lowest BCUT2D eigenvalue weighted by Gasteiger charge is -2.27. The number of hydrogen-bond acceptors (Lipinski definition) is 4. The molecule has 9 heteroatoms. The number of rotatable bonds is 5. The number of carbonyl (C=O) groups is 2. The summed E-state index contributed by atoms with van der Waals surface area (Å²) in [5, 5.41) is 2.21. The molecule has 2 amide bonds. The molecule has 1 aliphatic heterocycles. The standard InChI is InChI=1S/C17H20F2N2O4S/c1-2-21(10-6-7-26(24,25)9-10)17(23)12-8-11(12)16(22)20-15-13(18)4-3-5-14(15)19/h3-5,10-12H,2,6-9H2,1H3,(H,20,22). The van der Waals surface area contributed by atoms with E-state index in [0.717, 1.165) is 12.1 Å². The van der Waals surface area contributed by atoms with Crippen molar-refractivity contribution < 1.29 is 26.8 Å². The van der Waals surface area contributed by atoms with E-state index in [1.54, 1.807) is 6.92 Å². The van der Waals surface area contributed by atoms with Crippen molar-refractivity contribution in [3.63, 3.8) is 0 Å². The van der Waals surface area contributed by atoms with Crippen molar-refractivity contribution in [2.75, 3.05) is 23.4 Å². The fraction of sp³-hybridized carbons (Fsp3) is 0.529. The first kappa shape index (κ1) is 18.8. The third kappa shape index (κ3) is 3.72. The number of nitrogens with zero attached hydrogens (tertiary/aromatic N) is 1. The molecule has 1 aliphatic carbocycles. The number of para-hydroxylation sites is 1. The van der Waals surface area contributed by atoms with Gasteiger partial charge in [0.2, 0.25) is 11.8 Å². The number of carbonyl (C=O) groups excluding carboxylic acids is 2. The van der Waals surface area contributed by atoms with E-state index in [9.17, 15) is 26.8 Å². The molecule has 1 aromatic rings. The molecule has 0 bridgehead atoms. The van der Waals surface area contributed by atoms with Crippen molar-refractivity contribution in [3.8, 4) is 0 Å². The third-order valence-electron chi connectivity index (χ3n) is 4.93. The molecule has 1 heterocycles. The zero-order chi connectivity index (χ0) is 19.1. The number of nitrogens with one attached hydrogen (secondary N) is 1. The third-order valence-corrected chi connectivity index (χ3v) is 6.68. The molecule has 0 radical (unpaired) electrons. The van der Waals surface area contributed by atoms with Gasteiger partial charge >= 0.3 is 0 Å². The Kier molecular flexibility index (Phi) is 5.01. The maximum Gasteiger partial charge on any atom is 0.228 e. The molecule has 1 N–H and O–H groups in total. The highest BCUT2D eigenvalue weighted by Crippen LogP contribution is 2.42. The lowest BCUT2D eigenvalue weighted by atomic mass is 10.1. The van der Waals surface area contributed by atoms with E-state index in [4.69, 9.17) is 0 Å². The summed E-state index contributed by atoms with van der Waals surface area (Å²) in [6.07, 6.45) is 0.683. The predicted octanol–water partition coefficient (Wildman–Crippen LogP) is 1.58. The Labute approximate surface area is 150 Å². The maximum absolute atomic E-state index is 13.6. The molecule has 6 nitrogen and oxygen atoms in total. The van der Waals surface area contributed by atoms with E-state index in [1.165, 1.54) is 11.0 Å². The van der Waals surface area contributed by atoms with Gasteiger partial charge in [0.1, 0.15) is 17.3 Å². The Morgan fingerprint density at radius 2 is 1.88 bits per heavy atom. The van der Waals surface area contributed by atoms with Crippen LogP contribution in [0.5, 0.6) is 0 Å². The van der Waals surface area contributed by atoms with Crippen LogP contribution in [0, 0.1) is 23.5 Å². The van der Waals surface area contributed by atoms with Crippen LogP contribution >= 0.6 is 0 Å². The van der Waals surface area contributed by atoms with E-state index in [1.807, 2.05) is 0 Å². The highest BCUT2D eigenvalue weighted by atomic mass is 32.2. The van der Waals surface area contributed by atoms with Crippen LogP contribution in [0.25, 0.3) is 0 Å².